The summed E-state index contributed by atoms with van der Waals surface area (Å²) in [6, 6.07) is 80.8. The van der Waals surface area contributed by atoms with Crippen LogP contribution in [0.2, 0.25) is 0 Å². The molecule has 0 heterocycles. The first kappa shape index (κ1) is 32.0. The molecule has 9 rings (SSSR count). The first-order chi connectivity index (χ1) is 26.3. The molecule has 0 fully saturated rings. The second-order valence-corrected chi connectivity index (χ2v) is 13.3. The van der Waals surface area contributed by atoms with Gasteiger partial charge in [-0.1, -0.05) is 188 Å². The molecular formula is C52H37N. The van der Waals surface area contributed by atoms with Gasteiger partial charge in [0, 0.05) is 16.9 Å². The van der Waals surface area contributed by atoms with Crippen molar-refractivity contribution in [3.63, 3.8) is 0 Å². The molecule has 0 N–H and O–H groups in total. The molecule has 250 valence electrons. The van der Waals surface area contributed by atoms with E-state index in [-0.39, 0.29) is 0 Å². The second kappa shape index (κ2) is 14.3. The van der Waals surface area contributed by atoms with E-state index < -0.39 is 0 Å². The topological polar surface area (TPSA) is 3.24 Å². The second-order valence-electron chi connectivity index (χ2n) is 13.3. The minimum Gasteiger partial charge on any atom is -0.310 e. The number of rotatable bonds is 8. The molecule has 0 radical (unpaired) electrons. The highest BCUT2D eigenvalue weighted by Crippen LogP contribution is 2.45. The zero-order chi connectivity index (χ0) is 35.4. The lowest BCUT2D eigenvalue weighted by Gasteiger charge is -2.28. The fourth-order valence-electron chi connectivity index (χ4n) is 7.47. The molecule has 0 bridgehead atoms. The van der Waals surface area contributed by atoms with Gasteiger partial charge in [0.15, 0.2) is 0 Å². The van der Waals surface area contributed by atoms with Gasteiger partial charge in [0.1, 0.15) is 0 Å². The Hall–Kier alpha value is -6.96. The van der Waals surface area contributed by atoms with Gasteiger partial charge < -0.3 is 4.90 Å². The van der Waals surface area contributed by atoms with Crippen LogP contribution in [0.1, 0.15) is 0 Å². The minimum absolute atomic E-state index is 1.10. The predicted octanol–water partition coefficient (Wildman–Crippen LogP) is 14.6. The van der Waals surface area contributed by atoms with Crippen molar-refractivity contribution in [2.24, 2.45) is 0 Å². The molecule has 0 atom stereocenters. The molecule has 9 aromatic carbocycles. The van der Waals surface area contributed by atoms with Crippen LogP contribution >= 0.6 is 0 Å². The molecule has 9 aromatic rings. The Morgan fingerprint density at radius 1 is 0.226 bits per heavy atom. The fourth-order valence-corrected chi connectivity index (χ4v) is 7.47. The molecule has 0 saturated carbocycles. The van der Waals surface area contributed by atoms with Crippen molar-refractivity contribution in [1.82, 2.24) is 0 Å². The van der Waals surface area contributed by atoms with E-state index in [4.69, 9.17) is 0 Å². The van der Waals surface area contributed by atoms with Gasteiger partial charge in [-0.3, -0.25) is 0 Å². The maximum Gasteiger partial charge on any atom is 0.0540 e. The molecule has 1 nitrogen and oxygen atoms in total. The highest BCUT2D eigenvalue weighted by atomic mass is 15.1. The van der Waals surface area contributed by atoms with Crippen molar-refractivity contribution in [2.45, 2.75) is 0 Å². The van der Waals surface area contributed by atoms with Crippen molar-refractivity contribution in [3.8, 4) is 55.6 Å². The number of para-hydroxylation sites is 2. The van der Waals surface area contributed by atoms with Gasteiger partial charge >= 0.3 is 0 Å². The largest absolute Gasteiger partial charge is 0.310 e. The number of hydrogen-bond donors (Lipinski definition) is 0. The first-order valence-electron chi connectivity index (χ1n) is 18.2. The number of fused-ring (bicyclic) bond motifs is 1. The van der Waals surface area contributed by atoms with Crippen LogP contribution in [0.25, 0.3) is 66.4 Å². The molecule has 0 aliphatic heterocycles. The van der Waals surface area contributed by atoms with Crippen LogP contribution in [-0.4, -0.2) is 0 Å². The van der Waals surface area contributed by atoms with Crippen molar-refractivity contribution >= 4 is 27.8 Å². The Labute approximate surface area is 311 Å². The molecule has 0 aromatic heterocycles. The van der Waals surface area contributed by atoms with E-state index in [0.717, 1.165) is 17.1 Å². The third-order valence-electron chi connectivity index (χ3n) is 10.1. The van der Waals surface area contributed by atoms with Crippen molar-refractivity contribution in [2.75, 3.05) is 4.90 Å². The monoisotopic (exact) mass is 675 g/mol. The molecule has 53 heavy (non-hydrogen) atoms. The highest BCUT2D eigenvalue weighted by Gasteiger charge is 2.20. The molecule has 0 amide bonds. The Morgan fingerprint density at radius 2 is 0.642 bits per heavy atom. The standard InChI is InChI=1S/C52H37N/c1-3-15-38(16-4-1)40-27-30-42(31-28-40)47-21-9-10-22-48(47)49-23-11-12-24-50(49)51-25-13-14-26-52(51)53(45-19-5-2-6-20-45)46-35-33-41(34-36-46)44-32-29-39-17-7-8-18-43(39)37-44/h1-37H. The minimum atomic E-state index is 1.10. The Bertz CT molecular complexity index is 2640. The van der Waals surface area contributed by atoms with Crippen molar-refractivity contribution in [3.05, 3.63) is 224 Å². The molecule has 0 unspecified atom stereocenters. The van der Waals surface area contributed by atoms with Crippen molar-refractivity contribution < 1.29 is 0 Å². The van der Waals surface area contributed by atoms with E-state index in [2.05, 4.69) is 229 Å². The maximum absolute atomic E-state index is 2.38. The summed E-state index contributed by atoms with van der Waals surface area (Å²) >= 11 is 0. The van der Waals surface area contributed by atoms with Gasteiger partial charge in [0.2, 0.25) is 0 Å². The SMILES string of the molecule is c1ccc(-c2ccc(-c3ccccc3-c3ccccc3-c3ccccc3N(c3ccccc3)c3ccc(-c4ccc5ccccc5c4)cc3)cc2)cc1. The Balaban J connectivity index is 1.13. The number of hydrogen-bond acceptors (Lipinski definition) is 1. The van der Waals surface area contributed by atoms with Crippen LogP contribution in [-0.2, 0) is 0 Å². The van der Waals surface area contributed by atoms with Crippen molar-refractivity contribution in [1.29, 1.82) is 0 Å². The number of nitrogens with zero attached hydrogens (tertiary/aromatic N) is 1. The van der Waals surface area contributed by atoms with Crippen LogP contribution in [0.15, 0.2) is 224 Å². The van der Waals surface area contributed by atoms with Crippen LogP contribution in [0, 0.1) is 0 Å². The lowest BCUT2D eigenvalue weighted by Crippen LogP contribution is -2.11. The van der Waals surface area contributed by atoms with Crippen LogP contribution < -0.4 is 4.90 Å². The smallest absolute Gasteiger partial charge is 0.0540 e. The Kier molecular flexibility index (Phi) is 8.66. The molecule has 0 spiro atoms. The zero-order valence-corrected chi connectivity index (χ0v) is 29.3. The van der Waals surface area contributed by atoms with E-state index in [0.29, 0.717) is 0 Å². The lowest BCUT2D eigenvalue weighted by atomic mass is 9.88. The van der Waals surface area contributed by atoms with E-state index in [9.17, 15) is 0 Å². The molecular weight excluding hydrogens is 639 g/mol. The first-order valence-corrected chi connectivity index (χ1v) is 18.2. The van der Waals surface area contributed by atoms with E-state index >= 15 is 0 Å². The summed E-state index contributed by atoms with van der Waals surface area (Å²) in [5.41, 5.74) is 15.3. The van der Waals surface area contributed by atoms with Gasteiger partial charge in [-0.05, 0) is 97.2 Å². The number of anilines is 3. The van der Waals surface area contributed by atoms with Crippen LogP contribution in [0.3, 0.4) is 0 Å². The van der Waals surface area contributed by atoms with Gasteiger partial charge in [-0.15, -0.1) is 0 Å². The van der Waals surface area contributed by atoms with Gasteiger partial charge in [-0.2, -0.15) is 0 Å². The van der Waals surface area contributed by atoms with Crippen LogP contribution in [0.5, 0.6) is 0 Å². The Morgan fingerprint density at radius 3 is 1.34 bits per heavy atom. The fraction of sp³-hybridized carbons (Fsp3) is 0. The highest BCUT2D eigenvalue weighted by molar-refractivity contribution is 5.97. The summed E-state index contributed by atoms with van der Waals surface area (Å²) in [4.78, 5) is 2.38. The average molecular weight is 676 g/mol. The summed E-state index contributed by atoms with van der Waals surface area (Å²) in [5, 5.41) is 2.50. The van der Waals surface area contributed by atoms with E-state index in [1.807, 2.05) is 0 Å². The zero-order valence-electron chi connectivity index (χ0n) is 29.3. The maximum atomic E-state index is 2.38. The molecule has 0 aliphatic carbocycles. The van der Waals surface area contributed by atoms with Gasteiger partial charge in [0.05, 0.1) is 5.69 Å². The summed E-state index contributed by atoms with van der Waals surface area (Å²) in [6.45, 7) is 0. The third-order valence-corrected chi connectivity index (χ3v) is 10.1. The normalized spacial score (nSPS) is 11.0. The predicted molar refractivity (Wildman–Crippen MR) is 226 cm³/mol. The third kappa shape index (κ3) is 6.42. The average Bonchev–Trinajstić information content (AvgIpc) is 3.25. The van der Waals surface area contributed by atoms with Crippen LogP contribution in [0.4, 0.5) is 17.1 Å². The van der Waals surface area contributed by atoms with Gasteiger partial charge in [-0.25, -0.2) is 0 Å². The lowest BCUT2D eigenvalue weighted by molar-refractivity contribution is 1.28. The summed E-state index contributed by atoms with van der Waals surface area (Å²) < 4.78 is 0. The van der Waals surface area contributed by atoms with E-state index in [1.165, 1.54) is 66.4 Å². The number of benzene rings is 9. The van der Waals surface area contributed by atoms with E-state index in [1.54, 1.807) is 0 Å². The summed E-state index contributed by atoms with van der Waals surface area (Å²) in [5.74, 6) is 0. The van der Waals surface area contributed by atoms with Gasteiger partial charge in [0.25, 0.3) is 0 Å². The molecule has 0 saturated heterocycles. The summed E-state index contributed by atoms with van der Waals surface area (Å²) in [6.07, 6.45) is 0. The molecule has 0 aliphatic rings. The molecule has 1 heteroatoms. The summed E-state index contributed by atoms with van der Waals surface area (Å²) in [7, 11) is 0. The quantitative estimate of drug-likeness (QED) is 0.155.